The summed E-state index contributed by atoms with van der Waals surface area (Å²) in [7, 11) is 0. The summed E-state index contributed by atoms with van der Waals surface area (Å²) in [6.45, 7) is 5.96. The number of ether oxygens (including phenoxy) is 1. The molecule has 30 heavy (non-hydrogen) atoms. The molecular weight excluding hydrogens is 382 g/mol. The average Bonchev–Trinajstić information content (AvgIpc) is 3.36. The first-order valence-corrected chi connectivity index (χ1v) is 10.4. The molecule has 9 nitrogen and oxygen atoms in total. The van der Waals surface area contributed by atoms with E-state index in [1.165, 1.54) is 0 Å². The normalized spacial score (nSPS) is 13.8. The molecule has 1 amide bonds. The van der Waals surface area contributed by atoms with Crippen LogP contribution in [0.5, 0.6) is 5.75 Å². The molecule has 0 aliphatic carbocycles. The summed E-state index contributed by atoms with van der Waals surface area (Å²) in [5.41, 5.74) is 1.46. The van der Waals surface area contributed by atoms with E-state index in [-0.39, 0.29) is 5.91 Å². The van der Waals surface area contributed by atoms with Crippen LogP contribution in [-0.4, -0.2) is 63.1 Å². The molecule has 0 spiro atoms. The SMILES string of the molecule is CCNc1nc(NCCOc2ccccc2)c2ncn(CCN3CCCC3=O)c2n1. The second-order valence-electron chi connectivity index (χ2n) is 7.11. The number of aromatic nitrogens is 4. The predicted octanol–water partition coefficient (Wildman–Crippen LogP) is 2.37. The molecular formula is C21H27N7O2. The minimum Gasteiger partial charge on any atom is -0.492 e. The van der Waals surface area contributed by atoms with Crippen molar-refractivity contribution in [3.05, 3.63) is 36.7 Å². The predicted molar refractivity (Wildman–Crippen MR) is 116 cm³/mol. The molecule has 1 saturated heterocycles. The number of anilines is 2. The number of nitrogens with one attached hydrogen (secondary N) is 2. The Morgan fingerprint density at radius 3 is 2.77 bits per heavy atom. The summed E-state index contributed by atoms with van der Waals surface area (Å²) in [5.74, 6) is 2.28. The average molecular weight is 409 g/mol. The molecule has 0 radical (unpaired) electrons. The van der Waals surface area contributed by atoms with E-state index in [0.29, 0.717) is 49.9 Å². The molecule has 1 aliphatic rings. The van der Waals surface area contributed by atoms with Gasteiger partial charge in [-0.25, -0.2) is 4.98 Å². The van der Waals surface area contributed by atoms with Crippen molar-refractivity contribution >= 4 is 28.8 Å². The highest BCUT2D eigenvalue weighted by Crippen LogP contribution is 2.21. The van der Waals surface area contributed by atoms with Gasteiger partial charge in [0.25, 0.3) is 0 Å². The van der Waals surface area contributed by atoms with Crippen LogP contribution < -0.4 is 15.4 Å². The maximum atomic E-state index is 11.9. The number of likely N-dealkylation sites (tertiary alicyclic amines) is 1. The summed E-state index contributed by atoms with van der Waals surface area (Å²) in [4.78, 5) is 27.5. The van der Waals surface area contributed by atoms with Crippen LogP contribution in [0.3, 0.4) is 0 Å². The number of carbonyl (C=O) groups is 1. The molecule has 2 aromatic heterocycles. The summed E-state index contributed by atoms with van der Waals surface area (Å²) in [5, 5.41) is 6.50. The Labute approximate surface area is 175 Å². The largest absolute Gasteiger partial charge is 0.492 e. The lowest BCUT2D eigenvalue weighted by molar-refractivity contribution is -0.127. The van der Waals surface area contributed by atoms with E-state index >= 15 is 0 Å². The first-order valence-electron chi connectivity index (χ1n) is 10.4. The number of nitrogens with zero attached hydrogens (tertiary/aromatic N) is 5. The van der Waals surface area contributed by atoms with Crippen molar-refractivity contribution in [1.29, 1.82) is 0 Å². The quantitative estimate of drug-likeness (QED) is 0.496. The molecule has 3 aromatic rings. The zero-order chi connectivity index (χ0) is 20.8. The van der Waals surface area contributed by atoms with E-state index in [4.69, 9.17) is 4.74 Å². The molecule has 9 heteroatoms. The maximum absolute atomic E-state index is 11.9. The fourth-order valence-corrected chi connectivity index (χ4v) is 3.49. The van der Waals surface area contributed by atoms with Crippen LogP contribution in [0.25, 0.3) is 11.2 Å². The number of para-hydroxylation sites is 1. The standard InChI is InChI=1S/C21H27N7O2/c1-2-22-21-25-19(23-10-14-30-16-7-4-3-5-8-16)18-20(26-21)28(15-24-18)13-12-27-11-6-9-17(27)29/h3-5,7-8,15H,2,6,9-14H2,1H3,(H2,22,23,25,26). The van der Waals surface area contributed by atoms with Crippen molar-refractivity contribution in [1.82, 2.24) is 24.4 Å². The number of fused-ring (bicyclic) bond motifs is 1. The third-order valence-corrected chi connectivity index (χ3v) is 4.99. The van der Waals surface area contributed by atoms with Gasteiger partial charge in [-0.05, 0) is 25.5 Å². The Bertz CT molecular complexity index is 990. The third kappa shape index (κ3) is 4.61. The summed E-state index contributed by atoms with van der Waals surface area (Å²) < 4.78 is 7.72. The number of hydrogen-bond donors (Lipinski definition) is 2. The molecule has 3 heterocycles. The van der Waals surface area contributed by atoms with E-state index in [2.05, 4.69) is 25.6 Å². The van der Waals surface area contributed by atoms with Gasteiger partial charge in [0.15, 0.2) is 17.0 Å². The van der Waals surface area contributed by atoms with E-state index in [0.717, 1.165) is 30.9 Å². The van der Waals surface area contributed by atoms with Crippen LogP contribution in [-0.2, 0) is 11.3 Å². The molecule has 1 fully saturated rings. The number of benzene rings is 1. The zero-order valence-corrected chi connectivity index (χ0v) is 17.2. The number of rotatable bonds is 10. The van der Waals surface area contributed by atoms with Crippen LogP contribution in [0.2, 0.25) is 0 Å². The summed E-state index contributed by atoms with van der Waals surface area (Å²) in [6.07, 6.45) is 3.35. The van der Waals surface area contributed by atoms with E-state index in [1.54, 1.807) is 6.33 Å². The highest BCUT2D eigenvalue weighted by Gasteiger charge is 2.20. The number of imidazole rings is 1. The van der Waals surface area contributed by atoms with Crippen molar-refractivity contribution in [2.24, 2.45) is 0 Å². The molecule has 0 unspecified atom stereocenters. The van der Waals surface area contributed by atoms with E-state index in [9.17, 15) is 4.79 Å². The molecule has 2 N–H and O–H groups in total. The zero-order valence-electron chi connectivity index (χ0n) is 17.2. The molecule has 158 valence electrons. The van der Waals surface area contributed by atoms with Crippen molar-refractivity contribution in [3.8, 4) is 5.75 Å². The Kier molecular flexibility index (Phi) is 6.26. The molecule has 1 aliphatic heterocycles. The molecule has 0 saturated carbocycles. The van der Waals surface area contributed by atoms with Crippen molar-refractivity contribution in [2.45, 2.75) is 26.3 Å². The van der Waals surface area contributed by atoms with Crippen molar-refractivity contribution < 1.29 is 9.53 Å². The van der Waals surface area contributed by atoms with Gasteiger partial charge in [0.1, 0.15) is 12.4 Å². The monoisotopic (exact) mass is 409 g/mol. The fourth-order valence-electron chi connectivity index (χ4n) is 3.49. The molecule has 0 atom stereocenters. The second-order valence-corrected chi connectivity index (χ2v) is 7.11. The number of carbonyl (C=O) groups excluding carboxylic acids is 1. The van der Waals surface area contributed by atoms with Gasteiger partial charge in [0.2, 0.25) is 11.9 Å². The minimum absolute atomic E-state index is 0.225. The van der Waals surface area contributed by atoms with Gasteiger partial charge in [0.05, 0.1) is 12.9 Å². The Hall–Kier alpha value is -3.36. The van der Waals surface area contributed by atoms with Gasteiger partial charge >= 0.3 is 0 Å². The van der Waals surface area contributed by atoms with E-state index in [1.807, 2.05) is 46.7 Å². The Balaban J connectivity index is 1.45. The highest BCUT2D eigenvalue weighted by atomic mass is 16.5. The minimum atomic E-state index is 0.225. The summed E-state index contributed by atoms with van der Waals surface area (Å²) in [6, 6.07) is 9.71. The van der Waals surface area contributed by atoms with Crippen LogP contribution in [0, 0.1) is 0 Å². The van der Waals surface area contributed by atoms with Crippen molar-refractivity contribution in [3.63, 3.8) is 0 Å². The van der Waals surface area contributed by atoms with E-state index < -0.39 is 0 Å². The Morgan fingerprint density at radius 1 is 1.13 bits per heavy atom. The summed E-state index contributed by atoms with van der Waals surface area (Å²) >= 11 is 0. The van der Waals surface area contributed by atoms with Crippen LogP contribution in [0.1, 0.15) is 19.8 Å². The first-order chi connectivity index (χ1) is 14.7. The lowest BCUT2D eigenvalue weighted by Gasteiger charge is -2.16. The number of hydrogen-bond acceptors (Lipinski definition) is 7. The highest BCUT2D eigenvalue weighted by molar-refractivity contribution is 5.84. The maximum Gasteiger partial charge on any atom is 0.226 e. The third-order valence-electron chi connectivity index (χ3n) is 4.99. The molecule has 4 rings (SSSR count). The van der Waals surface area contributed by atoms with Gasteiger partial charge < -0.3 is 24.8 Å². The van der Waals surface area contributed by atoms with Gasteiger partial charge in [-0.1, -0.05) is 18.2 Å². The van der Waals surface area contributed by atoms with Gasteiger partial charge in [-0.2, -0.15) is 9.97 Å². The fraction of sp³-hybridized carbons (Fsp3) is 0.429. The lowest BCUT2D eigenvalue weighted by Crippen LogP contribution is -2.28. The number of amides is 1. The van der Waals surface area contributed by atoms with Gasteiger partial charge in [-0.15, -0.1) is 0 Å². The first kappa shape index (κ1) is 19.9. The van der Waals surface area contributed by atoms with Gasteiger partial charge in [-0.3, -0.25) is 4.79 Å². The smallest absolute Gasteiger partial charge is 0.226 e. The van der Waals surface area contributed by atoms with Gasteiger partial charge in [0, 0.05) is 32.6 Å². The van der Waals surface area contributed by atoms with Crippen LogP contribution in [0.15, 0.2) is 36.7 Å². The second kappa shape index (κ2) is 9.43. The topological polar surface area (TPSA) is 97.2 Å². The van der Waals surface area contributed by atoms with Crippen LogP contribution >= 0.6 is 0 Å². The molecule has 1 aromatic carbocycles. The van der Waals surface area contributed by atoms with Crippen molar-refractivity contribution in [2.75, 3.05) is 43.4 Å². The van der Waals surface area contributed by atoms with Crippen LogP contribution in [0.4, 0.5) is 11.8 Å². The lowest BCUT2D eigenvalue weighted by atomic mass is 10.3. The molecule has 0 bridgehead atoms. The Morgan fingerprint density at radius 2 is 2.00 bits per heavy atom.